The Kier molecular flexibility index (Phi) is 5.80. The summed E-state index contributed by atoms with van der Waals surface area (Å²) in [6, 6.07) is 6.22. The highest BCUT2D eigenvalue weighted by molar-refractivity contribution is 8.14. The number of benzene rings is 1. The van der Waals surface area contributed by atoms with Gasteiger partial charge in [0.2, 0.25) is 0 Å². The monoisotopic (exact) mass is 276 g/mol. The molecule has 3 heteroatoms. The molecule has 2 atom stereocenters. The molecule has 0 saturated carbocycles. The van der Waals surface area contributed by atoms with Gasteiger partial charge in [-0.15, -0.1) is 11.8 Å². The molecule has 0 heterocycles. The third-order valence-corrected chi connectivity index (χ3v) is 4.88. The van der Waals surface area contributed by atoms with Crippen molar-refractivity contribution in [2.75, 3.05) is 7.05 Å². The van der Waals surface area contributed by atoms with Gasteiger partial charge in [0.1, 0.15) is 0 Å². The molecule has 1 aromatic carbocycles. The van der Waals surface area contributed by atoms with Crippen molar-refractivity contribution in [2.45, 2.75) is 39.9 Å². The number of aliphatic imine (C=N–C) groups is 1. The molecule has 2 unspecified atom stereocenters. The summed E-state index contributed by atoms with van der Waals surface area (Å²) < 4.78 is 0. The van der Waals surface area contributed by atoms with Crippen LogP contribution in [0.25, 0.3) is 0 Å². The number of aryl methyl sites for hydroxylation is 2. The Bertz CT molecular complexity index is 471. The van der Waals surface area contributed by atoms with Crippen LogP contribution in [0.5, 0.6) is 0 Å². The normalized spacial score (nSPS) is 15.2. The van der Waals surface area contributed by atoms with Crippen molar-refractivity contribution in [1.29, 1.82) is 5.41 Å². The molecular weight excluding hydrogens is 252 g/mol. The van der Waals surface area contributed by atoms with Gasteiger partial charge in [-0.1, -0.05) is 32.0 Å². The van der Waals surface area contributed by atoms with Crippen LogP contribution in [-0.4, -0.2) is 23.1 Å². The first kappa shape index (κ1) is 16.0. The number of rotatable bonds is 4. The van der Waals surface area contributed by atoms with Gasteiger partial charge in [-0.2, -0.15) is 0 Å². The van der Waals surface area contributed by atoms with E-state index in [9.17, 15) is 0 Å². The second kappa shape index (κ2) is 6.90. The van der Waals surface area contributed by atoms with E-state index in [4.69, 9.17) is 5.41 Å². The molecule has 0 saturated heterocycles. The molecule has 19 heavy (non-hydrogen) atoms. The number of nitrogens with zero attached hydrogens (tertiary/aromatic N) is 1. The fraction of sp³-hybridized carbons (Fsp3) is 0.500. The van der Waals surface area contributed by atoms with Crippen LogP contribution in [0.4, 0.5) is 0 Å². The molecular formula is C16H24N2S. The number of nitrogens with one attached hydrogen (secondary N) is 1. The highest BCUT2D eigenvalue weighted by Gasteiger charge is 2.21. The predicted octanol–water partition coefficient (Wildman–Crippen LogP) is 4.48. The Morgan fingerprint density at radius 1 is 1.21 bits per heavy atom. The second-order valence-corrected chi connectivity index (χ2v) is 6.60. The number of hydrogen-bond acceptors (Lipinski definition) is 3. The zero-order chi connectivity index (χ0) is 14.6. The van der Waals surface area contributed by atoms with E-state index in [1.165, 1.54) is 11.1 Å². The fourth-order valence-corrected chi connectivity index (χ4v) is 3.11. The lowest BCUT2D eigenvalue weighted by Crippen LogP contribution is -2.23. The van der Waals surface area contributed by atoms with Crippen molar-refractivity contribution in [3.63, 3.8) is 0 Å². The minimum atomic E-state index is 0.210. The first-order chi connectivity index (χ1) is 8.88. The Morgan fingerprint density at radius 2 is 1.74 bits per heavy atom. The third kappa shape index (κ3) is 3.93. The summed E-state index contributed by atoms with van der Waals surface area (Å²) in [4.78, 5) is 4.19. The lowest BCUT2D eigenvalue weighted by molar-refractivity contribution is 0.756. The average molecular weight is 276 g/mol. The van der Waals surface area contributed by atoms with Gasteiger partial charge in [0.15, 0.2) is 0 Å². The number of hydrogen-bond donors (Lipinski definition) is 1. The van der Waals surface area contributed by atoms with Crippen LogP contribution in [0.3, 0.4) is 0 Å². The summed E-state index contributed by atoms with van der Waals surface area (Å²) in [5.74, 6) is 0.210. The molecule has 2 nitrogen and oxygen atoms in total. The Hall–Kier alpha value is -1.09. The summed E-state index contributed by atoms with van der Waals surface area (Å²) >= 11 is 1.75. The summed E-state index contributed by atoms with van der Waals surface area (Å²) in [5, 5.41) is 9.93. The van der Waals surface area contributed by atoms with Crippen molar-refractivity contribution in [1.82, 2.24) is 0 Å². The Balaban J connectivity index is 2.94. The Morgan fingerprint density at radius 3 is 2.21 bits per heavy atom. The van der Waals surface area contributed by atoms with E-state index < -0.39 is 0 Å². The molecule has 0 spiro atoms. The summed E-state index contributed by atoms with van der Waals surface area (Å²) in [5.41, 5.74) is 4.22. The maximum atomic E-state index is 8.50. The van der Waals surface area contributed by atoms with Crippen LogP contribution < -0.4 is 0 Å². The van der Waals surface area contributed by atoms with Crippen molar-refractivity contribution in [3.8, 4) is 0 Å². The first-order valence-electron chi connectivity index (χ1n) is 6.63. The minimum Gasteiger partial charge on any atom is -0.304 e. The maximum Gasteiger partial charge on any atom is 0.0644 e. The van der Waals surface area contributed by atoms with E-state index in [2.05, 4.69) is 50.9 Å². The van der Waals surface area contributed by atoms with E-state index >= 15 is 0 Å². The topological polar surface area (TPSA) is 36.2 Å². The smallest absolute Gasteiger partial charge is 0.0644 e. The van der Waals surface area contributed by atoms with E-state index in [0.29, 0.717) is 5.25 Å². The Labute approximate surface area is 121 Å². The first-order valence-corrected chi connectivity index (χ1v) is 7.51. The fourth-order valence-electron chi connectivity index (χ4n) is 2.13. The summed E-state index contributed by atoms with van der Waals surface area (Å²) in [7, 11) is 1.82. The molecule has 0 radical (unpaired) electrons. The number of thioether (sulfide) groups is 1. The van der Waals surface area contributed by atoms with Crippen molar-refractivity contribution in [2.24, 2.45) is 10.9 Å². The third-order valence-electron chi connectivity index (χ3n) is 3.58. The van der Waals surface area contributed by atoms with Crippen molar-refractivity contribution >= 4 is 22.5 Å². The van der Waals surface area contributed by atoms with Crippen LogP contribution in [0, 0.1) is 25.2 Å². The molecule has 104 valence electrons. The van der Waals surface area contributed by atoms with Crippen LogP contribution in [-0.2, 0) is 0 Å². The van der Waals surface area contributed by atoms with Crippen LogP contribution in [0.2, 0.25) is 0 Å². The van der Waals surface area contributed by atoms with Gasteiger partial charge in [-0.25, -0.2) is 0 Å². The summed E-state index contributed by atoms with van der Waals surface area (Å²) in [6.07, 6.45) is 0. The highest BCUT2D eigenvalue weighted by atomic mass is 32.2. The lowest BCUT2D eigenvalue weighted by atomic mass is 9.90. The minimum absolute atomic E-state index is 0.210. The SMILES string of the molecule is C/N=C(/C)SC(C)C(C)C(=N)c1c(C)cccc1C. The van der Waals surface area contributed by atoms with Gasteiger partial charge in [-0.05, 0) is 31.9 Å². The standard InChI is InChI=1S/C16H24N2S/c1-10-8-7-9-11(2)15(10)16(17)12(3)13(4)19-14(5)18-6/h7-9,12-13,17H,1-6H3/b17-16?,18-14-. The van der Waals surface area contributed by atoms with Gasteiger partial charge in [0, 0.05) is 29.5 Å². The van der Waals surface area contributed by atoms with Gasteiger partial charge < -0.3 is 5.41 Å². The van der Waals surface area contributed by atoms with E-state index in [1.807, 2.05) is 14.0 Å². The van der Waals surface area contributed by atoms with Gasteiger partial charge >= 0.3 is 0 Å². The van der Waals surface area contributed by atoms with E-state index in [-0.39, 0.29) is 5.92 Å². The summed E-state index contributed by atoms with van der Waals surface area (Å²) in [6.45, 7) is 10.5. The maximum absolute atomic E-state index is 8.50. The zero-order valence-corrected chi connectivity index (χ0v) is 13.6. The van der Waals surface area contributed by atoms with Gasteiger partial charge in [0.05, 0.1) is 5.04 Å². The van der Waals surface area contributed by atoms with Crippen LogP contribution in [0.1, 0.15) is 37.5 Å². The van der Waals surface area contributed by atoms with Gasteiger partial charge in [0.25, 0.3) is 0 Å². The van der Waals surface area contributed by atoms with Gasteiger partial charge in [-0.3, -0.25) is 4.99 Å². The molecule has 0 aromatic heterocycles. The molecule has 0 aliphatic rings. The largest absolute Gasteiger partial charge is 0.304 e. The molecule has 0 amide bonds. The van der Waals surface area contributed by atoms with Crippen molar-refractivity contribution < 1.29 is 0 Å². The quantitative estimate of drug-likeness (QED) is 0.639. The molecule has 0 aliphatic heterocycles. The zero-order valence-electron chi connectivity index (χ0n) is 12.7. The average Bonchev–Trinajstić information content (AvgIpc) is 2.37. The lowest BCUT2D eigenvalue weighted by Gasteiger charge is -2.22. The van der Waals surface area contributed by atoms with Crippen LogP contribution >= 0.6 is 11.8 Å². The molecule has 0 bridgehead atoms. The van der Waals surface area contributed by atoms with Crippen molar-refractivity contribution in [3.05, 3.63) is 34.9 Å². The van der Waals surface area contributed by atoms with E-state index in [0.717, 1.165) is 16.3 Å². The second-order valence-electron chi connectivity index (χ2n) is 5.03. The highest BCUT2D eigenvalue weighted by Crippen LogP contribution is 2.26. The molecule has 1 N–H and O–H groups in total. The van der Waals surface area contributed by atoms with E-state index in [1.54, 1.807) is 11.8 Å². The predicted molar refractivity (Wildman–Crippen MR) is 88.0 cm³/mol. The molecule has 0 fully saturated rings. The molecule has 1 aromatic rings. The molecule has 0 aliphatic carbocycles. The van der Waals surface area contributed by atoms with Crippen LogP contribution in [0.15, 0.2) is 23.2 Å². The molecule has 1 rings (SSSR count).